The summed E-state index contributed by atoms with van der Waals surface area (Å²) < 4.78 is 15.1. The van der Waals surface area contributed by atoms with Crippen LogP contribution >= 0.6 is 11.6 Å². The van der Waals surface area contributed by atoms with Crippen molar-refractivity contribution in [2.75, 3.05) is 9.80 Å². The molecule has 0 radical (unpaired) electrons. The van der Waals surface area contributed by atoms with Gasteiger partial charge in [0.25, 0.3) is 11.8 Å². The fourth-order valence-electron chi connectivity index (χ4n) is 4.36. The number of hydrogen-bond donors (Lipinski definition) is 2. The van der Waals surface area contributed by atoms with Crippen molar-refractivity contribution in [3.63, 3.8) is 0 Å². The maximum atomic E-state index is 15.1. The number of aromatic nitrogens is 2. The second kappa shape index (κ2) is 9.28. The number of rotatable bonds is 5. The van der Waals surface area contributed by atoms with E-state index in [0.717, 1.165) is 21.9 Å². The van der Waals surface area contributed by atoms with Gasteiger partial charge in [-0.15, -0.1) is 0 Å². The first-order valence-electron chi connectivity index (χ1n) is 11.5. The second-order valence-electron chi connectivity index (χ2n) is 9.20. The van der Waals surface area contributed by atoms with Crippen molar-refractivity contribution >= 4 is 57.4 Å². The van der Waals surface area contributed by atoms with Crippen molar-refractivity contribution in [2.24, 2.45) is 0 Å². The van der Waals surface area contributed by atoms with Crippen LogP contribution in [0.25, 0.3) is 15.7 Å². The number of urea groups is 1. The molecular weight excluding hydrogens is 511 g/mol. The highest BCUT2D eigenvalue weighted by molar-refractivity contribution is 6.35. The number of H-pyrrole nitrogens is 1. The third-order valence-corrected chi connectivity index (χ3v) is 6.72. The highest BCUT2D eigenvalue weighted by atomic mass is 35.5. The Hall–Kier alpha value is -4.75. The molecule has 190 valence electrons. The van der Waals surface area contributed by atoms with Gasteiger partial charge in [-0.1, -0.05) is 23.7 Å². The van der Waals surface area contributed by atoms with E-state index in [2.05, 4.69) is 20.4 Å². The molecule has 5 rings (SSSR count). The first-order valence-corrected chi connectivity index (χ1v) is 11.8. The molecule has 2 heterocycles. The van der Waals surface area contributed by atoms with Crippen LogP contribution in [-0.4, -0.2) is 33.6 Å². The van der Waals surface area contributed by atoms with Crippen LogP contribution in [0, 0.1) is 12.4 Å². The van der Waals surface area contributed by atoms with Gasteiger partial charge in [0.2, 0.25) is 5.69 Å². The minimum Gasteiger partial charge on any atom is -0.348 e. The number of nitrogens with zero attached hydrogens (tertiary/aromatic N) is 4. The number of halogens is 2. The Morgan fingerprint density at radius 2 is 1.89 bits per heavy atom. The quantitative estimate of drug-likeness (QED) is 0.259. The van der Waals surface area contributed by atoms with Crippen molar-refractivity contribution < 1.29 is 18.8 Å². The molecule has 2 N–H and O–H groups in total. The van der Waals surface area contributed by atoms with Gasteiger partial charge in [-0.25, -0.2) is 18.9 Å². The summed E-state index contributed by atoms with van der Waals surface area (Å²) in [5.41, 5.74) is 0.666. The number of fused-ring (bicyclic) bond motifs is 1. The topological polar surface area (TPSA) is 103 Å². The SMILES string of the molecule is [C-]#[N+]c1ccc(N2C(=O)N(c3ccc(CNC(=O)c4ccc5[nH]ncc5c4)c(F)c3)C(C)(C)C2=O)cc1Cl. The summed E-state index contributed by atoms with van der Waals surface area (Å²) in [6, 6.07) is 12.8. The average molecular weight is 531 g/mol. The van der Waals surface area contributed by atoms with E-state index in [9.17, 15) is 14.4 Å². The summed E-state index contributed by atoms with van der Waals surface area (Å²) in [4.78, 5) is 44.6. The molecule has 3 aromatic carbocycles. The van der Waals surface area contributed by atoms with Crippen LogP contribution in [0.3, 0.4) is 0 Å². The van der Waals surface area contributed by atoms with Gasteiger partial charge < -0.3 is 5.32 Å². The molecule has 0 bridgehead atoms. The van der Waals surface area contributed by atoms with Gasteiger partial charge in [0, 0.05) is 33.8 Å². The third-order valence-electron chi connectivity index (χ3n) is 6.41. The van der Waals surface area contributed by atoms with Crippen molar-refractivity contribution in [1.29, 1.82) is 0 Å². The molecule has 9 nitrogen and oxygen atoms in total. The Labute approximate surface area is 221 Å². The number of carbonyl (C=O) groups excluding carboxylic acids is 3. The first-order chi connectivity index (χ1) is 18.1. The number of anilines is 2. The zero-order chi connectivity index (χ0) is 27.2. The summed E-state index contributed by atoms with van der Waals surface area (Å²) in [7, 11) is 0. The van der Waals surface area contributed by atoms with E-state index < -0.39 is 23.3 Å². The maximum absolute atomic E-state index is 15.1. The van der Waals surface area contributed by atoms with E-state index in [1.54, 1.807) is 38.2 Å². The highest BCUT2D eigenvalue weighted by Gasteiger charge is 2.52. The standard InChI is InChI=1S/C27H20ClFN6O3/c1-27(2)25(37)34(18-7-9-23(30-3)20(28)11-18)26(38)35(27)19-6-4-16(21(29)12-19)13-31-24(36)15-5-8-22-17(10-15)14-32-33-22/h4-12,14H,13H2,1-2H3,(H,31,36)(H,32,33). The van der Waals surface area contributed by atoms with Gasteiger partial charge in [0.1, 0.15) is 11.4 Å². The van der Waals surface area contributed by atoms with Gasteiger partial charge in [-0.2, -0.15) is 5.10 Å². The Kier molecular flexibility index (Phi) is 6.09. The predicted octanol–water partition coefficient (Wildman–Crippen LogP) is 5.59. The molecule has 1 fully saturated rings. The van der Waals surface area contributed by atoms with Crippen LogP contribution in [-0.2, 0) is 11.3 Å². The van der Waals surface area contributed by atoms with Crippen molar-refractivity contribution in [1.82, 2.24) is 15.5 Å². The molecule has 0 aliphatic carbocycles. The monoisotopic (exact) mass is 530 g/mol. The number of benzene rings is 3. The van der Waals surface area contributed by atoms with Crippen LogP contribution in [0.1, 0.15) is 29.8 Å². The molecule has 38 heavy (non-hydrogen) atoms. The van der Waals surface area contributed by atoms with Gasteiger partial charge in [-0.3, -0.25) is 19.6 Å². The van der Waals surface area contributed by atoms with E-state index in [1.165, 1.54) is 35.2 Å². The smallest absolute Gasteiger partial charge is 0.336 e. The molecule has 4 aromatic rings. The van der Waals surface area contributed by atoms with Crippen molar-refractivity contribution in [3.8, 4) is 0 Å². The molecule has 11 heteroatoms. The fourth-order valence-corrected chi connectivity index (χ4v) is 4.58. The number of hydrogen-bond acceptors (Lipinski definition) is 4. The van der Waals surface area contributed by atoms with E-state index >= 15 is 4.39 Å². The minimum atomic E-state index is -1.32. The molecule has 1 aliphatic heterocycles. The Morgan fingerprint density at radius 1 is 1.13 bits per heavy atom. The largest absolute Gasteiger partial charge is 0.348 e. The second-order valence-corrected chi connectivity index (χ2v) is 9.60. The Morgan fingerprint density at radius 3 is 2.61 bits per heavy atom. The molecular formula is C27H20ClFN6O3. The maximum Gasteiger partial charge on any atom is 0.336 e. The minimum absolute atomic E-state index is 0.0807. The highest BCUT2D eigenvalue weighted by Crippen LogP contribution is 2.38. The summed E-state index contributed by atoms with van der Waals surface area (Å²) >= 11 is 6.12. The summed E-state index contributed by atoms with van der Waals surface area (Å²) in [6.45, 7) is 10.2. The van der Waals surface area contributed by atoms with Crippen LogP contribution in [0.2, 0.25) is 5.02 Å². The number of amides is 4. The fraction of sp³-hybridized carbons (Fsp3) is 0.148. The van der Waals surface area contributed by atoms with E-state index in [-0.39, 0.29) is 40.1 Å². The molecule has 0 atom stereocenters. The zero-order valence-corrected chi connectivity index (χ0v) is 21.0. The molecule has 4 amide bonds. The van der Waals surface area contributed by atoms with Crippen molar-refractivity contribution in [3.05, 3.63) is 94.2 Å². The molecule has 0 spiro atoms. The van der Waals surface area contributed by atoms with Crippen LogP contribution in [0.5, 0.6) is 0 Å². The normalized spacial score (nSPS) is 14.7. The lowest BCUT2D eigenvalue weighted by molar-refractivity contribution is -0.120. The number of carbonyl (C=O) groups is 3. The molecule has 1 saturated heterocycles. The lowest BCUT2D eigenvalue weighted by Gasteiger charge is -2.28. The summed E-state index contributed by atoms with van der Waals surface area (Å²) in [5.74, 6) is -1.55. The Bertz CT molecular complexity index is 1680. The molecule has 0 unspecified atom stereocenters. The van der Waals surface area contributed by atoms with E-state index in [1.807, 2.05) is 0 Å². The molecule has 1 aromatic heterocycles. The van der Waals surface area contributed by atoms with Crippen molar-refractivity contribution in [2.45, 2.75) is 25.9 Å². The van der Waals surface area contributed by atoms with Gasteiger partial charge in [-0.05, 0) is 56.3 Å². The third kappa shape index (κ3) is 4.13. The lowest BCUT2D eigenvalue weighted by Crippen LogP contribution is -2.44. The van der Waals surface area contributed by atoms with E-state index in [4.69, 9.17) is 18.2 Å². The average Bonchev–Trinajstić information content (AvgIpc) is 3.42. The number of nitrogens with one attached hydrogen (secondary N) is 2. The van der Waals surface area contributed by atoms with Crippen LogP contribution < -0.4 is 15.1 Å². The summed E-state index contributed by atoms with van der Waals surface area (Å²) in [5, 5.41) is 10.3. The van der Waals surface area contributed by atoms with Crippen LogP contribution in [0.4, 0.5) is 26.2 Å². The predicted molar refractivity (Wildman–Crippen MR) is 141 cm³/mol. The molecule has 1 aliphatic rings. The van der Waals surface area contributed by atoms with Crippen LogP contribution in [0.15, 0.2) is 60.8 Å². The van der Waals surface area contributed by atoms with Gasteiger partial charge in [0.05, 0.1) is 24.0 Å². The number of imide groups is 1. The number of aromatic amines is 1. The first kappa shape index (κ1) is 24.9. The van der Waals surface area contributed by atoms with E-state index in [0.29, 0.717) is 5.56 Å². The van der Waals surface area contributed by atoms with Gasteiger partial charge in [0.15, 0.2) is 0 Å². The lowest BCUT2D eigenvalue weighted by atomic mass is 10.0. The Balaban J connectivity index is 1.36. The molecule has 0 saturated carbocycles. The summed E-state index contributed by atoms with van der Waals surface area (Å²) in [6.07, 6.45) is 1.61. The van der Waals surface area contributed by atoms with Gasteiger partial charge >= 0.3 is 6.03 Å². The zero-order valence-electron chi connectivity index (χ0n) is 20.3.